The molecule has 13 heavy (non-hydrogen) atoms. The summed E-state index contributed by atoms with van der Waals surface area (Å²) in [6, 6.07) is 1.35. The molecule has 0 aliphatic carbocycles. The van der Waals surface area contributed by atoms with Gasteiger partial charge in [-0.3, -0.25) is 0 Å². The minimum Gasteiger partial charge on any atom is -0.477 e. The molecule has 0 spiro atoms. The predicted molar refractivity (Wildman–Crippen MR) is 43.8 cm³/mol. The normalized spacial score (nSPS) is 10.1. The van der Waals surface area contributed by atoms with Crippen LogP contribution in [0.4, 0.5) is 5.69 Å². The molecule has 0 saturated heterocycles. The Morgan fingerprint density at radius 1 is 1.69 bits per heavy atom. The van der Waals surface area contributed by atoms with E-state index in [2.05, 4.69) is 9.83 Å². The van der Waals surface area contributed by atoms with Gasteiger partial charge in [-0.2, -0.15) is 0 Å². The SMILES string of the molecule is [C-]#[N+]c1coc2cc(C(=O)O)[nH]c12. The fraction of sp³-hybridized carbons (Fsp3) is 0. The van der Waals surface area contributed by atoms with E-state index in [0.717, 1.165) is 0 Å². The summed E-state index contributed by atoms with van der Waals surface area (Å²) in [5.41, 5.74) is 1.15. The highest BCUT2D eigenvalue weighted by Gasteiger charge is 2.12. The molecule has 2 N–H and O–H groups in total. The van der Waals surface area contributed by atoms with Crippen molar-refractivity contribution in [1.29, 1.82) is 0 Å². The van der Waals surface area contributed by atoms with Crippen LogP contribution in [0.3, 0.4) is 0 Å². The number of carboxylic acids is 1. The molecule has 0 amide bonds. The second-order valence-corrected chi connectivity index (χ2v) is 2.46. The van der Waals surface area contributed by atoms with Crippen LogP contribution < -0.4 is 0 Å². The molecule has 0 bridgehead atoms. The topological polar surface area (TPSA) is 70.6 Å². The lowest BCUT2D eigenvalue weighted by Gasteiger charge is -1.83. The van der Waals surface area contributed by atoms with Gasteiger partial charge < -0.3 is 14.5 Å². The van der Waals surface area contributed by atoms with Gasteiger partial charge >= 0.3 is 5.97 Å². The Hall–Kier alpha value is -2.22. The number of hydrogen-bond donors (Lipinski definition) is 2. The maximum atomic E-state index is 10.5. The molecular formula is C8H4N2O3. The average molecular weight is 176 g/mol. The molecule has 0 aliphatic heterocycles. The number of nitrogens with zero attached hydrogens (tertiary/aromatic N) is 1. The van der Waals surface area contributed by atoms with Gasteiger partial charge in [0, 0.05) is 6.07 Å². The van der Waals surface area contributed by atoms with Gasteiger partial charge in [0.05, 0.1) is 12.1 Å². The summed E-state index contributed by atoms with van der Waals surface area (Å²) in [6.07, 6.45) is 1.29. The maximum absolute atomic E-state index is 10.5. The Bertz CT molecular complexity index is 515. The van der Waals surface area contributed by atoms with Crippen LogP contribution in [0.15, 0.2) is 16.7 Å². The summed E-state index contributed by atoms with van der Waals surface area (Å²) in [4.78, 5) is 16.3. The van der Waals surface area contributed by atoms with Gasteiger partial charge in [-0.25, -0.2) is 9.64 Å². The minimum atomic E-state index is -1.07. The minimum absolute atomic E-state index is 0.0271. The van der Waals surface area contributed by atoms with E-state index >= 15 is 0 Å². The lowest BCUT2D eigenvalue weighted by Crippen LogP contribution is -1.94. The van der Waals surface area contributed by atoms with Crippen LogP contribution in [0, 0.1) is 6.57 Å². The molecule has 2 heterocycles. The summed E-state index contributed by atoms with van der Waals surface area (Å²) in [6.45, 7) is 6.76. The van der Waals surface area contributed by atoms with Crippen molar-refractivity contribution in [2.45, 2.75) is 0 Å². The molecule has 64 valence electrons. The average Bonchev–Trinajstić information content (AvgIpc) is 2.60. The Morgan fingerprint density at radius 2 is 2.46 bits per heavy atom. The highest BCUT2D eigenvalue weighted by atomic mass is 16.4. The second kappa shape index (κ2) is 2.38. The second-order valence-electron chi connectivity index (χ2n) is 2.46. The van der Waals surface area contributed by atoms with E-state index in [1.54, 1.807) is 0 Å². The molecule has 0 fully saturated rings. The third kappa shape index (κ3) is 0.964. The van der Waals surface area contributed by atoms with Crippen LogP contribution in [0.5, 0.6) is 0 Å². The van der Waals surface area contributed by atoms with Gasteiger partial charge in [-0.05, 0) is 0 Å². The van der Waals surface area contributed by atoms with E-state index in [1.807, 2.05) is 0 Å². The molecule has 2 aromatic rings. The van der Waals surface area contributed by atoms with Gasteiger partial charge in [-0.15, -0.1) is 0 Å². The van der Waals surface area contributed by atoms with Crippen molar-refractivity contribution in [3.05, 3.63) is 29.4 Å². The monoisotopic (exact) mass is 176 g/mol. The Morgan fingerprint density at radius 3 is 3.08 bits per heavy atom. The summed E-state index contributed by atoms with van der Waals surface area (Å²) in [5, 5.41) is 8.62. The molecular weight excluding hydrogens is 172 g/mol. The summed E-state index contributed by atoms with van der Waals surface area (Å²) >= 11 is 0. The van der Waals surface area contributed by atoms with Crippen molar-refractivity contribution in [1.82, 2.24) is 4.98 Å². The van der Waals surface area contributed by atoms with Crippen LogP contribution in [0.25, 0.3) is 15.9 Å². The zero-order valence-corrected chi connectivity index (χ0v) is 6.37. The number of aromatic amines is 1. The van der Waals surface area contributed by atoms with E-state index in [0.29, 0.717) is 16.8 Å². The van der Waals surface area contributed by atoms with Crippen molar-refractivity contribution in [2.75, 3.05) is 0 Å². The predicted octanol–water partition coefficient (Wildman–Crippen LogP) is 2.01. The van der Waals surface area contributed by atoms with Crippen LogP contribution in [0.1, 0.15) is 10.5 Å². The van der Waals surface area contributed by atoms with Gasteiger partial charge in [0.15, 0.2) is 0 Å². The first kappa shape index (κ1) is 7.43. The lowest BCUT2D eigenvalue weighted by molar-refractivity contribution is 0.0691. The van der Waals surface area contributed by atoms with Crippen molar-refractivity contribution in [2.24, 2.45) is 0 Å². The van der Waals surface area contributed by atoms with E-state index in [9.17, 15) is 4.79 Å². The van der Waals surface area contributed by atoms with Crippen LogP contribution in [0.2, 0.25) is 0 Å². The Kier molecular flexibility index (Phi) is 1.36. The van der Waals surface area contributed by atoms with Crippen molar-refractivity contribution >= 4 is 22.8 Å². The quantitative estimate of drug-likeness (QED) is 0.653. The van der Waals surface area contributed by atoms with Gasteiger partial charge in [0.1, 0.15) is 17.5 Å². The van der Waals surface area contributed by atoms with Crippen molar-refractivity contribution in [3.8, 4) is 0 Å². The number of hydrogen-bond acceptors (Lipinski definition) is 2. The van der Waals surface area contributed by atoms with E-state index in [4.69, 9.17) is 16.1 Å². The van der Waals surface area contributed by atoms with Crippen LogP contribution in [-0.2, 0) is 0 Å². The first-order valence-corrected chi connectivity index (χ1v) is 3.43. The molecule has 0 radical (unpaired) electrons. The van der Waals surface area contributed by atoms with Gasteiger partial charge in [0.25, 0.3) is 0 Å². The lowest BCUT2D eigenvalue weighted by atomic mass is 10.4. The largest absolute Gasteiger partial charge is 0.477 e. The fourth-order valence-electron chi connectivity index (χ4n) is 1.09. The summed E-state index contributed by atoms with van der Waals surface area (Å²) < 4.78 is 4.96. The maximum Gasteiger partial charge on any atom is 0.352 e. The number of rotatable bonds is 1. The highest BCUT2D eigenvalue weighted by molar-refractivity contribution is 5.96. The first-order valence-electron chi connectivity index (χ1n) is 3.43. The van der Waals surface area contributed by atoms with E-state index in [1.165, 1.54) is 12.3 Å². The van der Waals surface area contributed by atoms with E-state index < -0.39 is 5.97 Å². The number of H-pyrrole nitrogens is 1. The smallest absolute Gasteiger partial charge is 0.352 e. The number of furan rings is 1. The molecule has 0 unspecified atom stereocenters. The molecule has 5 heteroatoms. The summed E-state index contributed by atoms with van der Waals surface area (Å²) in [5.74, 6) is -1.07. The number of nitrogens with one attached hydrogen (secondary N) is 1. The van der Waals surface area contributed by atoms with Crippen LogP contribution >= 0.6 is 0 Å². The molecule has 2 aromatic heterocycles. The number of aromatic nitrogens is 1. The molecule has 2 rings (SSSR count). The van der Waals surface area contributed by atoms with Gasteiger partial charge in [0.2, 0.25) is 5.69 Å². The molecule has 5 nitrogen and oxygen atoms in total. The molecule has 0 atom stereocenters. The zero-order chi connectivity index (χ0) is 9.42. The zero-order valence-electron chi connectivity index (χ0n) is 6.37. The van der Waals surface area contributed by atoms with Gasteiger partial charge in [-0.1, -0.05) is 0 Å². The molecule has 0 aromatic carbocycles. The van der Waals surface area contributed by atoms with E-state index in [-0.39, 0.29) is 5.69 Å². The Labute approximate surface area is 72.4 Å². The molecule has 0 aliphatic rings. The van der Waals surface area contributed by atoms with Crippen molar-refractivity contribution in [3.63, 3.8) is 0 Å². The van der Waals surface area contributed by atoms with Crippen molar-refractivity contribution < 1.29 is 14.3 Å². The fourth-order valence-corrected chi connectivity index (χ4v) is 1.09. The number of carboxylic acid groups (broad SMARTS) is 1. The standard InChI is InChI=1S/C8H4N2O3/c1-9-5-3-13-6-2-4(8(11)12)10-7(5)6/h2-3,10H,(H,11,12). The Balaban J connectivity index is 2.71. The number of fused-ring (bicyclic) bond motifs is 1. The number of aromatic carboxylic acids is 1. The molecule has 0 saturated carbocycles. The highest BCUT2D eigenvalue weighted by Crippen LogP contribution is 2.28. The summed E-state index contributed by atoms with van der Waals surface area (Å²) in [7, 11) is 0. The number of carbonyl (C=O) groups is 1. The van der Waals surface area contributed by atoms with Crippen LogP contribution in [-0.4, -0.2) is 16.1 Å². The first-order chi connectivity index (χ1) is 6.22. The third-order valence-corrected chi connectivity index (χ3v) is 1.69. The third-order valence-electron chi connectivity index (χ3n) is 1.69.